The summed E-state index contributed by atoms with van der Waals surface area (Å²) in [5, 5.41) is 0. The van der Waals surface area contributed by atoms with Gasteiger partial charge in [0.1, 0.15) is 0 Å². The molecule has 2 heteroatoms. The van der Waals surface area contributed by atoms with Crippen molar-refractivity contribution in [3.63, 3.8) is 0 Å². The van der Waals surface area contributed by atoms with Crippen LogP contribution in [0, 0.1) is 0 Å². The fourth-order valence-electron chi connectivity index (χ4n) is 1.71. The van der Waals surface area contributed by atoms with E-state index in [0.29, 0.717) is 13.0 Å². The van der Waals surface area contributed by atoms with Crippen molar-refractivity contribution >= 4 is 5.97 Å². The van der Waals surface area contributed by atoms with Gasteiger partial charge in [-0.25, -0.2) is 0 Å². The topological polar surface area (TPSA) is 26.3 Å². The van der Waals surface area contributed by atoms with Crippen LogP contribution in [0.25, 0.3) is 0 Å². The Hall–Kier alpha value is -0.790. The zero-order chi connectivity index (χ0) is 12.8. The molecule has 0 atom stereocenters. The highest BCUT2D eigenvalue weighted by atomic mass is 16.5. The van der Waals surface area contributed by atoms with E-state index in [0.717, 1.165) is 12.8 Å². The summed E-state index contributed by atoms with van der Waals surface area (Å²) in [6.45, 7) is 6.40. The number of hydrogen-bond acceptors (Lipinski definition) is 2. The average Bonchev–Trinajstić information content (AvgIpc) is 2.34. The van der Waals surface area contributed by atoms with Gasteiger partial charge in [0, 0.05) is 6.42 Å². The number of ether oxygens (including phenoxy) is 1. The Morgan fingerprint density at radius 2 is 1.65 bits per heavy atom. The fourth-order valence-corrected chi connectivity index (χ4v) is 1.71. The van der Waals surface area contributed by atoms with Crippen LogP contribution in [0.3, 0.4) is 0 Å². The molecular weight excluding hydrogens is 212 g/mol. The maximum absolute atomic E-state index is 11.1. The van der Waals surface area contributed by atoms with Gasteiger partial charge in [0.2, 0.25) is 0 Å². The molecule has 0 aromatic heterocycles. The van der Waals surface area contributed by atoms with Crippen LogP contribution in [-0.4, -0.2) is 12.6 Å². The molecule has 0 aliphatic heterocycles. The molecule has 0 aromatic carbocycles. The highest BCUT2D eigenvalue weighted by Gasteiger charge is 2.00. The zero-order valence-corrected chi connectivity index (χ0v) is 11.4. The first-order valence-corrected chi connectivity index (χ1v) is 7.07. The number of carbonyl (C=O) groups excluding carboxylic acids is 1. The number of rotatable bonds is 12. The number of hydrogen-bond donors (Lipinski definition) is 0. The molecule has 17 heavy (non-hydrogen) atoms. The lowest BCUT2D eigenvalue weighted by atomic mass is 10.1. The van der Waals surface area contributed by atoms with E-state index in [-0.39, 0.29) is 5.97 Å². The van der Waals surface area contributed by atoms with Gasteiger partial charge in [-0.15, -0.1) is 6.58 Å². The van der Waals surface area contributed by atoms with E-state index >= 15 is 0 Å². The Morgan fingerprint density at radius 1 is 1.06 bits per heavy atom. The predicted octanol–water partition coefficient (Wildman–Crippen LogP) is 4.64. The van der Waals surface area contributed by atoms with Crippen LogP contribution in [0.1, 0.15) is 71.1 Å². The smallest absolute Gasteiger partial charge is 0.306 e. The molecule has 0 aliphatic rings. The van der Waals surface area contributed by atoms with Gasteiger partial charge in [-0.05, 0) is 12.8 Å². The second kappa shape index (κ2) is 13.3. The Morgan fingerprint density at radius 3 is 2.24 bits per heavy atom. The maximum atomic E-state index is 11.1. The molecule has 0 saturated heterocycles. The van der Waals surface area contributed by atoms with Crippen LogP contribution in [0.4, 0.5) is 0 Å². The van der Waals surface area contributed by atoms with Gasteiger partial charge >= 0.3 is 5.97 Å². The van der Waals surface area contributed by atoms with Crippen LogP contribution in [0.2, 0.25) is 0 Å². The Kier molecular flexibility index (Phi) is 12.7. The highest BCUT2D eigenvalue weighted by molar-refractivity contribution is 5.69. The molecule has 0 aliphatic carbocycles. The molecule has 0 unspecified atom stereocenters. The summed E-state index contributed by atoms with van der Waals surface area (Å²) in [6, 6.07) is 0. The standard InChI is InChI=1S/C15H28O2/c1-3-5-7-8-9-10-11-12-14-17-15(16)13-6-4-2/h4H,2-3,5-14H2,1H3. The van der Waals surface area contributed by atoms with Crippen molar-refractivity contribution in [3.8, 4) is 0 Å². The van der Waals surface area contributed by atoms with Gasteiger partial charge in [-0.1, -0.05) is 57.9 Å². The summed E-state index contributed by atoms with van der Waals surface area (Å²) < 4.78 is 5.10. The quantitative estimate of drug-likeness (QED) is 0.282. The summed E-state index contributed by atoms with van der Waals surface area (Å²) in [7, 11) is 0. The molecule has 0 amide bonds. The van der Waals surface area contributed by atoms with Crippen molar-refractivity contribution in [1.82, 2.24) is 0 Å². The summed E-state index contributed by atoms with van der Waals surface area (Å²) in [5.74, 6) is -0.0900. The minimum Gasteiger partial charge on any atom is -0.466 e. The third kappa shape index (κ3) is 13.1. The van der Waals surface area contributed by atoms with Crippen LogP contribution < -0.4 is 0 Å². The Labute approximate surface area is 106 Å². The monoisotopic (exact) mass is 240 g/mol. The maximum Gasteiger partial charge on any atom is 0.306 e. The molecule has 0 rings (SSSR count). The molecule has 0 fully saturated rings. The zero-order valence-electron chi connectivity index (χ0n) is 11.4. The summed E-state index contributed by atoms with van der Waals surface area (Å²) in [5.41, 5.74) is 0. The van der Waals surface area contributed by atoms with E-state index in [4.69, 9.17) is 4.74 Å². The van der Waals surface area contributed by atoms with Gasteiger partial charge in [0.05, 0.1) is 6.61 Å². The van der Waals surface area contributed by atoms with E-state index in [1.54, 1.807) is 6.08 Å². The normalized spacial score (nSPS) is 10.2. The molecule has 0 radical (unpaired) electrons. The van der Waals surface area contributed by atoms with Crippen molar-refractivity contribution in [3.05, 3.63) is 12.7 Å². The summed E-state index contributed by atoms with van der Waals surface area (Å²) >= 11 is 0. The van der Waals surface area contributed by atoms with Crippen molar-refractivity contribution in [2.24, 2.45) is 0 Å². The molecule has 2 nitrogen and oxygen atoms in total. The molecule has 0 bridgehead atoms. The average molecular weight is 240 g/mol. The van der Waals surface area contributed by atoms with Gasteiger partial charge in [-0.3, -0.25) is 4.79 Å². The lowest BCUT2D eigenvalue weighted by Gasteiger charge is -2.04. The molecule has 0 spiro atoms. The molecular formula is C15H28O2. The molecule has 0 saturated carbocycles. The Balaban J connectivity index is 3.07. The van der Waals surface area contributed by atoms with Crippen LogP contribution in [0.5, 0.6) is 0 Å². The first-order chi connectivity index (χ1) is 8.31. The fraction of sp³-hybridized carbons (Fsp3) is 0.800. The van der Waals surface area contributed by atoms with Gasteiger partial charge < -0.3 is 4.74 Å². The summed E-state index contributed by atoms with van der Waals surface area (Å²) in [6.07, 6.45) is 13.1. The highest BCUT2D eigenvalue weighted by Crippen LogP contribution is 2.08. The first kappa shape index (κ1) is 16.2. The lowest BCUT2D eigenvalue weighted by Crippen LogP contribution is -2.05. The predicted molar refractivity (Wildman–Crippen MR) is 73.0 cm³/mol. The molecule has 0 aromatic rings. The molecule has 0 heterocycles. The second-order valence-electron chi connectivity index (χ2n) is 4.52. The van der Waals surface area contributed by atoms with E-state index < -0.39 is 0 Å². The third-order valence-corrected chi connectivity index (χ3v) is 2.81. The second-order valence-corrected chi connectivity index (χ2v) is 4.52. The van der Waals surface area contributed by atoms with Crippen molar-refractivity contribution in [2.75, 3.05) is 6.61 Å². The SMILES string of the molecule is C=CCCC(=O)OCCCCCCCCCC. The van der Waals surface area contributed by atoms with Crippen LogP contribution in [0.15, 0.2) is 12.7 Å². The van der Waals surface area contributed by atoms with Crippen molar-refractivity contribution < 1.29 is 9.53 Å². The van der Waals surface area contributed by atoms with Crippen molar-refractivity contribution in [2.45, 2.75) is 71.1 Å². The number of esters is 1. The minimum absolute atomic E-state index is 0.0900. The lowest BCUT2D eigenvalue weighted by molar-refractivity contribution is -0.143. The van der Waals surface area contributed by atoms with E-state index in [9.17, 15) is 4.79 Å². The van der Waals surface area contributed by atoms with Gasteiger partial charge in [-0.2, -0.15) is 0 Å². The van der Waals surface area contributed by atoms with E-state index in [2.05, 4.69) is 13.5 Å². The minimum atomic E-state index is -0.0900. The largest absolute Gasteiger partial charge is 0.466 e. The van der Waals surface area contributed by atoms with Crippen molar-refractivity contribution in [1.29, 1.82) is 0 Å². The van der Waals surface area contributed by atoms with E-state index in [1.807, 2.05) is 0 Å². The number of unbranched alkanes of at least 4 members (excludes halogenated alkanes) is 7. The van der Waals surface area contributed by atoms with Gasteiger partial charge in [0.15, 0.2) is 0 Å². The first-order valence-electron chi connectivity index (χ1n) is 7.07. The number of allylic oxidation sites excluding steroid dienone is 1. The number of carbonyl (C=O) groups is 1. The third-order valence-electron chi connectivity index (χ3n) is 2.81. The van der Waals surface area contributed by atoms with E-state index in [1.165, 1.54) is 44.9 Å². The van der Waals surface area contributed by atoms with Gasteiger partial charge in [0.25, 0.3) is 0 Å². The van der Waals surface area contributed by atoms with Crippen LogP contribution in [-0.2, 0) is 9.53 Å². The Bertz CT molecular complexity index is 187. The summed E-state index contributed by atoms with van der Waals surface area (Å²) in [4.78, 5) is 11.1. The molecule has 0 N–H and O–H groups in total. The van der Waals surface area contributed by atoms with Crippen LogP contribution >= 0.6 is 0 Å². The molecule has 100 valence electrons.